The van der Waals surface area contributed by atoms with Crippen molar-refractivity contribution in [3.05, 3.63) is 0 Å². The van der Waals surface area contributed by atoms with Crippen LogP contribution in [0.2, 0.25) is 11.1 Å². The van der Waals surface area contributed by atoms with Gasteiger partial charge in [-0.15, -0.1) is 0 Å². The Hall–Kier alpha value is 0.137. The maximum absolute atomic E-state index is 6.40. The lowest BCUT2D eigenvalue weighted by molar-refractivity contribution is 0.136. The summed E-state index contributed by atoms with van der Waals surface area (Å²) in [6.45, 7) is 22.0. The minimum Gasteiger partial charge on any atom is -0.394 e. The highest BCUT2D eigenvalue weighted by atomic mass is 28.4. The normalized spacial score (nSPS) is 15.2. The van der Waals surface area contributed by atoms with Crippen LogP contribution < -0.4 is 0 Å². The second-order valence-electron chi connectivity index (χ2n) is 7.11. The molecule has 0 aliphatic rings. The number of hydrogen-bond donors (Lipinski definition) is 0. The zero-order valence-electron chi connectivity index (χ0n) is 15.4. The Morgan fingerprint density at radius 3 is 1.60 bits per heavy atom. The fourth-order valence-electron chi connectivity index (χ4n) is 2.90. The Bertz CT molecular complexity index is 256. The molecule has 0 aromatic heterocycles. The summed E-state index contributed by atoms with van der Waals surface area (Å²) in [5.41, 5.74) is 0. The SMILES string of the molecule is CCO[Si](CC(CC)C(C)C)(OCC)C(C)(C)C(C)C. The maximum Gasteiger partial charge on any atom is 0.344 e. The summed E-state index contributed by atoms with van der Waals surface area (Å²) < 4.78 is 12.8. The minimum atomic E-state index is -2.23. The third kappa shape index (κ3) is 4.57. The van der Waals surface area contributed by atoms with Crippen molar-refractivity contribution < 1.29 is 8.85 Å². The van der Waals surface area contributed by atoms with Crippen LogP contribution in [-0.4, -0.2) is 21.8 Å². The predicted octanol–water partition coefficient (Wildman–Crippen LogP) is 5.62. The zero-order chi connectivity index (χ0) is 16.0. The third-order valence-electron chi connectivity index (χ3n) is 5.18. The summed E-state index contributed by atoms with van der Waals surface area (Å²) in [5.74, 6) is 1.95. The van der Waals surface area contributed by atoms with E-state index in [4.69, 9.17) is 8.85 Å². The Kier molecular flexibility index (Phi) is 8.61. The van der Waals surface area contributed by atoms with Gasteiger partial charge in [0.1, 0.15) is 0 Å². The van der Waals surface area contributed by atoms with Crippen LogP contribution >= 0.6 is 0 Å². The molecule has 1 unspecified atom stereocenters. The van der Waals surface area contributed by atoms with Crippen molar-refractivity contribution in [1.29, 1.82) is 0 Å². The number of rotatable bonds is 10. The van der Waals surface area contributed by atoms with Gasteiger partial charge in [-0.2, -0.15) is 0 Å². The largest absolute Gasteiger partial charge is 0.394 e. The predicted molar refractivity (Wildman–Crippen MR) is 91.3 cm³/mol. The summed E-state index contributed by atoms with van der Waals surface area (Å²) in [4.78, 5) is 0. The van der Waals surface area contributed by atoms with Crippen LogP contribution in [0.3, 0.4) is 0 Å². The van der Waals surface area contributed by atoms with E-state index in [1.165, 1.54) is 6.42 Å². The molecule has 0 aromatic rings. The average molecular weight is 303 g/mol. The van der Waals surface area contributed by atoms with Gasteiger partial charge < -0.3 is 8.85 Å². The molecule has 0 fully saturated rings. The maximum atomic E-state index is 6.40. The molecule has 0 rings (SSSR count). The van der Waals surface area contributed by atoms with Crippen LogP contribution in [0.1, 0.15) is 68.7 Å². The van der Waals surface area contributed by atoms with Crippen LogP contribution in [0.15, 0.2) is 0 Å². The molecule has 0 spiro atoms. The van der Waals surface area contributed by atoms with Gasteiger partial charge in [0.05, 0.1) is 0 Å². The Morgan fingerprint density at radius 1 is 0.900 bits per heavy atom. The molecule has 20 heavy (non-hydrogen) atoms. The van der Waals surface area contributed by atoms with Gasteiger partial charge >= 0.3 is 8.56 Å². The molecule has 0 aliphatic carbocycles. The molecule has 0 saturated heterocycles. The van der Waals surface area contributed by atoms with Gasteiger partial charge in [-0.25, -0.2) is 0 Å². The molecule has 2 nitrogen and oxygen atoms in total. The molecular formula is C17H38O2Si. The highest BCUT2D eigenvalue weighted by Crippen LogP contribution is 2.49. The van der Waals surface area contributed by atoms with E-state index >= 15 is 0 Å². The molecule has 0 saturated carbocycles. The van der Waals surface area contributed by atoms with Gasteiger partial charge in [-0.05, 0) is 37.6 Å². The number of hydrogen-bond acceptors (Lipinski definition) is 2. The molecule has 0 N–H and O–H groups in total. The third-order valence-corrected chi connectivity index (χ3v) is 10.3. The Balaban J connectivity index is 5.52. The molecule has 0 aromatic carbocycles. The molecule has 0 radical (unpaired) electrons. The second kappa shape index (κ2) is 8.55. The molecule has 1 atom stereocenters. The lowest BCUT2D eigenvalue weighted by Crippen LogP contribution is -2.55. The molecule has 0 bridgehead atoms. The van der Waals surface area contributed by atoms with Crippen molar-refractivity contribution in [3.63, 3.8) is 0 Å². The van der Waals surface area contributed by atoms with E-state index in [9.17, 15) is 0 Å². The molecule has 0 amide bonds. The summed E-state index contributed by atoms with van der Waals surface area (Å²) in [6, 6.07) is 1.12. The fourth-order valence-corrected chi connectivity index (χ4v) is 7.75. The molecule has 0 heterocycles. The summed E-state index contributed by atoms with van der Waals surface area (Å²) in [5, 5.41) is 0.126. The molecule has 3 heteroatoms. The quantitative estimate of drug-likeness (QED) is 0.488. The monoisotopic (exact) mass is 302 g/mol. The summed E-state index contributed by atoms with van der Waals surface area (Å²) >= 11 is 0. The first kappa shape index (κ1) is 20.1. The average Bonchev–Trinajstić information content (AvgIpc) is 2.35. The van der Waals surface area contributed by atoms with Crippen molar-refractivity contribution in [2.45, 2.75) is 79.8 Å². The van der Waals surface area contributed by atoms with E-state index in [1.54, 1.807) is 0 Å². The van der Waals surface area contributed by atoms with Crippen molar-refractivity contribution in [3.8, 4) is 0 Å². The Morgan fingerprint density at radius 2 is 1.35 bits per heavy atom. The van der Waals surface area contributed by atoms with E-state index in [1.807, 2.05) is 0 Å². The first-order valence-corrected chi connectivity index (χ1v) is 10.5. The van der Waals surface area contributed by atoms with E-state index in [0.29, 0.717) is 17.8 Å². The standard InChI is InChI=1S/C17H38O2Si/c1-10-16(14(4)5)13-20(18-11-2,19-12-3)17(8,9)15(6)7/h14-16H,10-13H2,1-9H3. The Labute approximate surface area is 128 Å². The van der Waals surface area contributed by atoms with Crippen LogP contribution in [0.25, 0.3) is 0 Å². The zero-order valence-corrected chi connectivity index (χ0v) is 16.4. The van der Waals surface area contributed by atoms with Gasteiger partial charge in [-0.1, -0.05) is 54.9 Å². The molecule has 0 aliphatic heterocycles. The lowest BCUT2D eigenvalue weighted by Gasteiger charge is -2.47. The summed E-state index contributed by atoms with van der Waals surface area (Å²) in [7, 11) is -2.23. The molecule has 122 valence electrons. The van der Waals surface area contributed by atoms with Gasteiger partial charge in [-0.3, -0.25) is 0 Å². The second-order valence-corrected chi connectivity index (χ2v) is 10.9. The lowest BCUT2D eigenvalue weighted by atomic mass is 9.95. The van der Waals surface area contributed by atoms with Crippen LogP contribution in [0.4, 0.5) is 0 Å². The van der Waals surface area contributed by atoms with E-state index < -0.39 is 8.56 Å². The van der Waals surface area contributed by atoms with Gasteiger partial charge in [0.15, 0.2) is 0 Å². The van der Waals surface area contributed by atoms with Crippen LogP contribution in [0, 0.1) is 17.8 Å². The van der Waals surface area contributed by atoms with Crippen LogP contribution in [0.5, 0.6) is 0 Å². The van der Waals surface area contributed by atoms with Gasteiger partial charge in [0.2, 0.25) is 0 Å². The first-order valence-electron chi connectivity index (χ1n) is 8.46. The van der Waals surface area contributed by atoms with E-state index in [2.05, 4.69) is 62.3 Å². The van der Waals surface area contributed by atoms with Crippen molar-refractivity contribution in [2.75, 3.05) is 13.2 Å². The topological polar surface area (TPSA) is 18.5 Å². The molecular weight excluding hydrogens is 264 g/mol. The smallest absolute Gasteiger partial charge is 0.344 e. The fraction of sp³-hybridized carbons (Fsp3) is 1.00. The highest BCUT2D eigenvalue weighted by molar-refractivity contribution is 6.70. The van der Waals surface area contributed by atoms with Crippen LogP contribution in [-0.2, 0) is 8.85 Å². The van der Waals surface area contributed by atoms with Crippen molar-refractivity contribution in [2.24, 2.45) is 17.8 Å². The minimum absolute atomic E-state index is 0.126. The summed E-state index contributed by atoms with van der Waals surface area (Å²) in [6.07, 6.45) is 1.21. The van der Waals surface area contributed by atoms with Gasteiger partial charge in [0, 0.05) is 18.3 Å². The highest BCUT2D eigenvalue weighted by Gasteiger charge is 2.54. The van der Waals surface area contributed by atoms with Crippen molar-refractivity contribution >= 4 is 8.56 Å². The van der Waals surface area contributed by atoms with Gasteiger partial charge in [0.25, 0.3) is 0 Å². The first-order chi connectivity index (χ1) is 9.18. The van der Waals surface area contributed by atoms with Crippen molar-refractivity contribution in [1.82, 2.24) is 0 Å². The van der Waals surface area contributed by atoms with E-state index in [0.717, 1.165) is 19.3 Å². The van der Waals surface area contributed by atoms with E-state index in [-0.39, 0.29) is 5.04 Å².